The van der Waals surface area contributed by atoms with Crippen LogP contribution in [0.25, 0.3) is 0 Å². The lowest BCUT2D eigenvalue weighted by Gasteiger charge is -2.17. The number of hydrogen-bond donors (Lipinski definition) is 2. The summed E-state index contributed by atoms with van der Waals surface area (Å²) in [6, 6.07) is 0. The van der Waals surface area contributed by atoms with Crippen LogP contribution in [0, 0.1) is 11.8 Å². The smallest absolute Gasteiger partial charge is 0.233 e. The van der Waals surface area contributed by atoms with Crippen LogP contribution >= 0.6 is 11.8 Å². The number of thioether (sulfide) groups is 1. The highest BCUT2D eigenvalue weighted by atomic mass is 32.2. The van der Waals surface area contributed by atoms with Crippen molar-refractivity contribution in [3.63, 3.8) is 0 Å². The molecule has 0 heterocycles. The highest BCUT2D eigenvalue weighted by Gasteiger charge is 2.22. The lowest BCUT2D eigenvalue weighted by atomic mass is 10.2. The highest BCUT2D eigenvalue weighted by Crippen LogP contribution is 2.16. The Morgan fingerprint density at radius 3 is 1.93 bits per heavy atom. The van der Waals surface area contributed by atoms with Crippen LogP contribution < -0.4 is 10.6 Å². The number of rotatable bonds is 17. The first-order valence-corrected chi connectivity index (χ1v) is 11.1. The van der Waals surface area contributed by atoms with Crippen molar-refractivity contribution in [1.82, 2.24) is 10.6 Å². The highest BCUT2D eigenvalue weighted by molar-refractivity contribution is 8.00. The molecule has 0 aliphatic heterocycles. The molecule has 0 rings (SSSR count). The molecule has 0 aromatic carbocycles. The van der Waals surface area contributed by atoms with Crippen molar-refractivity contribution >= 4 is 29.4 Å². The molecule has 8 heteroatoms. The fourth-order valence-electron chi connectivity index (χ4n) is 2.07. The van der Waals surface area contributed by atoms with E-state index in [9.17, 15) is 14.4 Å². The Morgan fingerprint density at radius 1 is 0.893 bits per heavy atom. The van der Waals surface area contributed by atoms with Gasteiger partial charge in [0.15, 0.2) is 0 Å². The first-order chi connectivity index (χ1) is 13.2. The van der Waals surface area contributed by atoms with E-state index in [2.05, 4.69) is 38.3 Å². The zero-order chi connectivity index (χ0) is 21.4. The van der Waals surface area contributed by atoms with Crippen LogP contribution in [0.3, 0.4) is 0 Å². The lowest BCUT2D eigenvalue weighted by Crippen LogP contribution is -2.39. The summed E-state index contributed by atoms with van der Waals surface area (Å²) in [7, 11) is 0. The third-order valence-corrected chi connectivity index (χ3v) is 4.68. The van der Waals surface area contributed by atoms with Gasteiger partial charge in [0.25, 0.3) is 0 Å². The normalized spacial score (nSPS) is 12.2. The van der Waals surface area contributed by atoms with E-state index in [4.69, 9.17) is 9.47 Å². The molecule has 0 radical (unpaired) electrons. The number of carbonyl (C=O) groups excluding carboxylic acids is 3. The molecule has 1 atom stereocenters. The number of hydrogen-bond acceptors (Lipinski definition) is 6. The third kappa shape index (κ3) is 17.0. The van der Waals surface area contributed by atoms with Gasteiger partial charge in [-0.15, -0.1) is 11.8 Å². The summed E-state index contributed by atoms with van der Waals surface area (Å²) in [5.41, 5.74) is 0. The van der Waals surface area contributed by atoms with Gasteiger partial charge in [0.1, 0.15) is 5.78 Å². The fourth-order valence-corrected chi connectivity index (χ4v) is 3.27. The van der Waals surface area contributed by atoms with Gasteiger partial charge in [-0.2, -0.15) is 0 Å². The van der Waals surface area contributed by atoms with E-state index in [0.717, 1.165) is 0 Å². The van der Waals surface area contributed by atoms with E-state index in [0.29, 0.717) is 63.5 Å². The molecule has 0 saturated heterocycles. The zero-order valence-electron chi connectivity index (χ0n) is 18.0. The van der Waals surface area contributed by atoms with E-state index in [1.807, 2.05) is 0 Å². The standard InChI is InChI=1S/C20H38N2O5S/c1-15(2)13-26-9-7-21-19(24)12-18(28-11-6-17(5)23)20(25)22-8-10-27-14-16(3)4/h15-16,18H,6-14H2,1-5H3,(H,21,24)(H,22,25). The second-order valence-electron chi connectivity index (χ2n) is 7.59. The van der Waals surface area contributed by atoms with E-state index >= 15 is 0 Å². The van der Waals surface area contributed by atoms with Gasteiger partial charge in [0.05, 0.1) is 18.5 Å². The molecule has 0 bridgehead atoms. The summed E-state index contributed by atoms with van der Waals surface area (Å²) in [5, 5.41) is 5.07. The predicted molar refractivity (Wildman–Crippen MR) is 113 cm³/mol. The zero-order valence-corrected chi connectivity index (χ0v) is 18.9. The molecule has 7 nitrogen and oxygen atoms in total. The molecule has 0 aromatic rings. The monoisotopic (exact) mass is 418 g/mol. The Labute approximate surface area is 174 Å². The summed E-state index contributed by atoms with van der Waals surface area (Å²) in [4.78, 5) is 35.7. The lowest BCUT2D eigenvalue weighted by molar-refractivity contribution is -0.126. The Morgan fingerprint density at radius 2 is 1.43 bits per heavy atom. The van der Waals surface area contributed by atoms with Gasteiger partial charge < -0.3 is 20.1 Å². The second-order valence-corrected chi connectivity index (χ2v) is 8.90. The fraction of sp³-hybridized carbons (Fsp3) is 0.850. The Bertz CT molecular complexity index is 458. The summed E-state index contributed by atoms with van der Waals surface area (Å²) in [6.07, 6.45) is 0.460. The van der Waals surface area contributed by atoms with Gasteiger partial charge in [-0.3, -0.25) is 14.4 Å². The molecule has 0 fully saturated rings. The molecular weight excluding hydrogens is 380 g/mol. The van der Waals surface area contributed by atoms with Crippen LogP contribution in [0.4, 0.5) is 0 Å². The largest absolute Gasteiger partial charge is 0.379 e. The van der Waals surface area contributed by atoms with Crippen molar-refractivity contribution in [3.05, 3.63) is 0 Å². The van der Waals surface area contributed by atoms with Crippen LogP contribution in [-0.4, -0.2) is 68.1 Å². The van der Waals surface area contributed by atoms with Gasteiger partial charge in [-0.25, -0.2) is 0 Å². The van der Waals surface area contributed by atoms with E-state index < -0.39 is 5.25 Å². The molecule has 164 valence electrons. The minimum atomic E-state index is -0.527. The molecule has 0 aliphatic rings. The third-order valence-electron chi connectivity index (χ3n) is 3.45. The first-order valence-electron chi connectivity index (χ1n) is 10.0. The van der Waals surface area contributed by atoms with Crippen molar-refractivity contribution in [3.8, 4) is 0 Å². The maximum atomic E-state index is 12.4. The summed E-state index contributed by atoms with van der Waals surface area (Å²) in [6.45, 7) is 12.8. The summed E-state index contributed by atoms with van der Waals surface area (Å²) >= 11 is 1.34. The number of ether oxygens (including phenoxy) is 2. The van der Waals surface area contributed by atoms with E-state index in [-0.39, 0.29) is 24.0 Å². The number of nitrogens with one attached hydrogen (secondary N) is 2. The van der Waals surface area contributed by atoms with Crippen LogP contribution in [0.5, 0.6) is 0 Å². The van der Waals surface area contributed by atoms with E-state index in [1.165, 1.54) is 18.7 Å². The van der Waals surface area contributed by atoms with Crippen molar-refractivity contribution in [2.75, 3.05) is 45.3 Å². The molecule has 1 unspecified atom stereocenters. The van der Waals surface area contributed by atoms with Crippen LogP contribution in [0.2, 0.25) is 0 Å². The molecule has 0 spiro atoms. The number of Topliss-reactive ketones (excluding diaryl/α,β-unsaturated/α-hetero) is 1. The quantitative estimate of drug-likeness (QED) is 0.351. The van der Waals surface area contributed by atoms with Crippen molar-refractivity contribution in [2.24, 2.45) is 11.8 Å². The minimum absolute atomic E-state index is 0.0699. The molecule has 2 N–H and O–H groups in total. The van der Waals surface area contributed by atoms with Crippen molar-refractivity contribution in [2.45, 2.75) is 52.7 Å². The number of carbonyl (C=O) groups is 3. The van der Waals surface area contributed by atoms with Gasteiger partial charge in [0.2, 0.25) is 11.8 Å². The Hall–Kier alpha value is -1.12. The summed E-state index contributed by atoms with van der Waals surface area (Å²) in [5.74, 6) is 1.08. The van der Waals surface area contributed by atoms with Crippen LogP contribution in [0.1, 0.15) is 47.5 Å². The molecule has 0 aliphatic carbocycles. The Kier molecular flexibility index (Phi) is 16.1. The number of amides is 2. The van der Waals surface area contributed by atoms with Crippen molar-refractivity contribution in [1.29, 1.82) is 0 Å². The SMILES string of the molecule is CC(=O)CCSC(CC(=O)NCCOCC(C)C)C(=O)NCCOCC(C)C. The second kappa shape index (κ2) is 16.8. The predicted octanol–water partition coefficient (Wildman–Crippen LogP) is 2.04. The minimum Gasteiger partial charge on any atom is -0.379 e. The molecule has 2 amide bonds. The number of ketones is 1. The average Bonchev–Trinajstić information content (AvgIpc) is 2.59. The molecule has 0 saturated carbocycles. The molecule has 0 aromatic heterocycles. The van der Waals surface area contributed by atoms with Gasteiger partial charge in [-0.1, -0.05) is 27.7 Å². The maximum Gasteiger partial charge on any atom is 0.233 e. The van der Waals surface area contributed by atoms with E-state index in [1.54, 1.807) is 0 Å². The molecule has 28 heavy (non-hydrogen) atoms. The maximum absolute atomic E-state index is 12.4. The topological polar surface area (TPSA) is 93.7 Å². The van der Waals surface area contributed by atoms with Gasteiger partial charge in [0, 0.05) is 44.9 Å². The van der Waals surface area contributed by atoms with Crippen LogP contribution in [-0.2, 0) is 23.9 Å². The summed E-state index contributed by atoms with van der Waals surface area (Å²) < 4.78 is 10.9. The van der Waals surface area contributed by atoms with Gasteiger partial charge in [-0.05, 0) is 18.8 Å². The van der Waals surface area contributed by atoms with Crippen LogP contribution in [0.15, 0.2) is 0 Å². The Balaban J connectivity index is 4.30. The molecular formula is C20H38N2O5S. The van der Waals surface area contributed by atoms with Crippen molar-refractivity contribution < 1.29 is 23.9 Å². The van der Waals surface area contributed by atoms with Gasteiger partial charge >= 0.3 is 0 Å². The average molecular weight is 419 g/mol. The first kappa shape index (κ1) is 26.9.